The van der Waals surface area contributed by atoms with Gasteiger partial charge in [-0.25, -0.2) is 4.98 Å². The van der Waals surface area contributed by atoms with Crippen molar-refractivity contribution in [1.82, 2.24) is 20.2 Å². The summed E-state index contributed by atoms with van der Waals surface area (Å²) in [5.41, 5.74) is 2.51. The number of imidazole rings is 1. The van der Waals surface area contributed by atoms with Crippen LogP contribution in [0.2, 0.25) is 0 Å². The maximum atomic E-state index is 4.29. The van der Waals surface area contributed by atoms with Crippen molar-refractivity contribution in [2.75, 3.05) is 7.05 Å². The van der Waals surface area contributed by atoms with Crippen molar-refractivity contribution in [3.63, 3.8) is 0 Å². The lowest BCUT2D eigenvalue weighted by Gasteiger charge is -2.17. The molecule has 0 unspecified atom stereocenters. The Morgan fingerprint density at radius 2 is 1.92 bits per heavy atom. The minimum absolute atomic E-state index is 0. The number of nitrogens with zero attached hydrogens (tertiary/aromatic N) is 3. The minimum Gasteiger partial charge on any atom is -0.353 e. The van der Waals surface area contributed by atoms with Crippen LogP contribution in [0, 0.1) is 0 Å². The minimum atomic E-state index is 0. The van der Waals surface area contributed by atoms with Gasteiger partial charge >= 0.3 is 0 Å². The number of aliphatic imine (C=N–C) groups is 1. The standard InChI is InChI=1S/C18H23N5.HI/c1-19-18(22-17-4-2-3-5-17)21-12-15-6-8-16(9-7-15)13-23-11-10-20-14-23;/h2-3,6-11,14,17H,4-5,12-13H2,1H3,(H2,19,21,22);1H. The van der Waals surface area contributed by atoms with Gasteiger partial charge in [-0.1, -0.05) is 36.4 Å². The number of nitrogens with one attached hydrogen (secondary N) is 2. The van der Waals surface area contributed by atoms with Gasteiger partial charge < -0.3 is 15.2 Å². The van der Waals surface area contributed by atoms with E-state index in [9.17, 15) is 0 Å². The molecule has 1 heterocycles. The third-order valence-electron chi connectivity index (χ3n) is 3.98. The van der Waals surface area contributed by atoms with Gasteiger partial charge in [0, 0.05) is 38.6 Å². The van der Waals surface area contributed by atoms with Gasteiger partial charge in [0.15, 0.2) is 5.96 Å². The fourth-order valence-corrected chi connectivity index (χ4v) is 2.66. The summed E-state index contributed by atoms with van der Waals surface area (Å²) in [5, 5.41) is 6.82. The molecule has 1 aromatic heterocycles. The first-order valence-corrected chi connectivity index (χ1v) is 7.99. The lowest BCUT2D eigenvalue weighted by molar-refractivity contribution is 0.633. The summed E-state index contributed by atoms with van der Waals surface area (Å²) in [5.74, 6) is 0.862. The molecule has 5 nitrogen and oxygen atoms in total. The highest BCUT2D eigenvalue weighted by atomic mass is 127. The van der Waals surface area contributed by atoms with Gasteiger partial charge in [0.2, 0.25) is 0 Å². The average Bonchev–Trinajstić information content (AvgIpc) is 3.26. The van der Waals surface area contributed by atoms with E-state index < -0.39 is 0 Å². The van der Waals surface area contributed by atoms with Gasteiger partial charge in [-0.15, -0.1) is 24.0 Å². The molecular formula is C18H24IN5. The number of halogens is 1. The fraction of sp³-hybridized carbons (Fsp3) is 0.333. The monoisotopic (exact) mass is 437 g/mol. The Bertz CT molecular complexity index is 653. The molecule has 3 rings (SSSR count). The topological polar surface area (TPSA) is 54.2 Å². The van der Waals surface area contributed by atoms with Gasteiger partial charge in [-0.3, -0.25) is 4.99 Å². The van der Waals surface area contributed by atoms with Crippen molar-refractivity contribution in [2.24, 2.45) is 4.99 Å². The van der Waals surface area contributed by atoms with Crippen LogP contribution in [-0.4, -0.2) is 28.6 Å². The number of rotatable bonds is 5. The summed E-state index contributed by atoms with van der Waals surface area (Å²) in [7, 11) is 1.81. The summed E-state index contributed by atoms with van der Waals surface area (Å²) >= 11 is 0. The van der Waals surface area contributed by atoms with Crippen LogP contribution < -0.4 is 10.6 Å². The Kier molecular flexibility index (Phi) is 7.30. The molecule has 1 aliphatic carbocycles. The second kappa shape index (κ2) is 9.46. The zero-order chi connectivity index (χ0) is 15.9. The number of aromatic nitrogens is 2. The van der Waals surface area contributed by atoms with Gasteiger partial charge in [-0.05, 0) is 24.0 Å². The molecule has 1 aromatic carbocycles. The molecule has 0 atom stereocenters. The summed E-state index contributed by atoms with van der Waals surface area (Å²) in [6.45, 7) is 1.62. The number of guanidine groups is 1. The average molecular weight is 437 g/mol. The molecule has 0 aliphatic heterocycles. The summed E-state index contributed by atoms with van der Waals surface area (Å²) < 4.78 is 2.06. The van der Waals surface area contributed by atoms with E-state index in [-0.39, 0.29) is 24.0 Å². The molecule has 2 N–H and O–H groups in total. The smallest absolute Gasteiger partial charge is 0.191 e. The highest BCUT2D eigenvalue weighted by molar-refractivity contribution is 14.0. The second-order valence-electron chi connectivity index (χ2n) is 5.76. The van der Waals surface area contributed by atoms with Gasteiger partial charge in [-0.2, -0.15) is 0 Å². The Morgan fingerprint density at radius 3 is 2.54 bits per heavy atom. The summed E-state index contributed by atoms with van der Waals surface area (Å²) in [6, 6.07) is 9.11. The zero-order valence-corrected chi connectivity index (χ0v) is 16.2. The first-order valence-electron chi connectivity index (χ1n) is 7.99. The van der Waals surface area contributed by atoms with Gasteiger partial charge in [0.1, 0.15) is 0 Å². The van der Waals surface area contributed by atoms with E-state index in [0.29, 0.717) is 6.04 Å². The largest absolute Gasteiger partial charge is 0.353 e. The predicted octanol–water partition coefficient (Wildman–Crippen LogP) is 2.93. The van der Waals surface area contributed by atoms with E-state index in [1.165, 1.54) is 11.1 Å². The van der Waals surface area contributed by atoms with Crippen LogP contribution in [-0.2, 0) is 13.1 Å². The van der Waals surface area contributed by atoms with Crippen molar-refractivity contribution >= 4 is 29.9 Å². The molecule has 0 bridgehead atoms. The van der Waals surface area contributed by atoms with Crippen molar-refractivity contribution < 1.29 is 0 Å². The first-order chi connectivity index (χ1) is 11.3. The predicted molar refractivity (Wildman–Crippen MR) is 109 cm³/mol. The number of hydrogen-bond donors (Lipinski definition) is 2. The molecule has 6 heteroatoms. The van der Waals surface area contributed by atoms with E-state index in [4.69, 9.17) is 0 Å². The lowest BCUT2D eigenvalue weighted by atomic mass is 10.1. The maximum Gasteiger partial charge on any atom is 0.191 e. The molecule has 0 amide bonds. The second-order valence-corrected chi connectivity index (χ2v) is 5.76. The highest BCUT2D eigenvalue weighted by Gasteiger charge is 2.11. The normalized spacial score (nSPS) is 14.5. The maximum absolute atomic E-state index is 4.29. The Balaban J connectivity index is 0.00000208. The molecule has 2 aromatic rings. The molecule has 0 radical (unpaired) electrons. The third kappa shape index (κ3) is 5.36. The molecule has 0 saturated heterocycles. The zero-order valence-electron chi connectivity index (χ0n) is 13.9. The van der Waals surface area contributed by atoms with Crippen LogP contribution in [0.5, 0.6) is 0 Å². The van der Waals surface area contributed by atoms with Crippen LogP contribution in [0.25, 0.3) is 0 Å². The third-order valence-corrected chi connectivity index (χ3v) is 3.98. The Labute approximate surface area is 160 Å². The van der Waals surface area contributed by atoms with Crippen LogP contribution in [0.15, 0.2) is 60.1 Å². The Hall–Kier alpha value is -1.83. The van der Waals surface area contributed by atoms with Crippen LogP contribution in [0.4, 0.5) is 0 Å². The molecule has 128 valence electrons. The summed E-state index contributed by atoms with van der Waals surface area (Å²) in [4.78, 5) is 8.35. The molecule has 24 heavy (non-hydrogen) atoms. The van der Waals surface area contributed by atoms with E-state index in [0.717, 1.165) is 31.9 Å². The highest BCUT2D eigenvalue weighted by Crippen LogP contribution is 2.09. The summed E-state index contributed by atoms with van der Waals surface area (Å²) in [6.07, 6.45) is 12.2. The molecule has 0 fully saturated rings. The fourth-order valence-electron chi connectivity index (χ4n) is 2.66. The number of hydrogen-bond acceptors (Lipinski definition) is 2. The van der Waals surface area contributed by atoms with Crippen molar-refractivity contribution in [3.05, 3.63) is 66.3 Å². The quantitative estimate of drug-likeness (QED) is 0.328. The van der Waals surface area contributed by atoms with Crippen LogP contribution >= 0.6 is 24.0 Å². The van der Waals surface area contributed by atoms with Crippen molar-refractivity contribution in [3.8, 4) is 0 Å². The van der Waals surface area contributed by atoms with Crippen molar-refractivity contribution in [2.45, 2.75) is 32.0 Å². The molecule has 1 aliphatic rings. The Morgan fingerprint density at radius 1 is 1.21 bits per heavy atom. The van der Waals surface area contributed by atoms with E-state index in [1.807, 2.05) is 19.6 Å². The lowest BCUT2D eigenvalue weighted by Crippen LogP contribution is -2.42. The first kappa shape index (κ1) is 18.5. The SMILES string of the molecule is CN=C(NCc1ccc(Cn2ccnc2)cc1)NC1CC=CC1.I. The van der Waals surface area contributed by atoms with E-state index in [2.05, 4.69) is 61.6 Å². The van der Waals surface area contributed by atoms with Gasteiger partial charge in [0.25, 0.3) is 0 Å². The van der Waals surface area contributed by atoms with E-state index in [1.54, 1.807) is 6.20 Å². The molecular weight excluding hydrogens is 413 g/mol. The number of benzene rings is 1. The van der Waals surface area contributed by atoms with Gasteiger partial charge in [0.05, 0.1) is 6.33 Å². The molecule has 0 saturated carbocycles. The van der Waals surface area contributed by atoms with Crippen LogP contribution in [0.1, 0.15) is 24.0 Å². The van der Waals surface area contributed by atoms with Crippen LogP contribution in [0.3, 0.4) is 0 Å². The molecule has 0 spiro atoms. The van der Waals surface area contributed by atoms with Crippen molar-refractivity contribution in [1.29, 1.82) is 0 Å². The van der Waals surface area contributed by atoms with E-state index >= 15 is 0 Å².